The predicted molar refractivity (Wildman–Crippen MR) is 101 cm³/mol. The maximum Gasteiger partial charge on any atom is 0.257 e. The summed E-state index contributed by atoms with van der Waals surface area (Å²) in [6.45, 7) is 1.99. The summed E-state index contributed by atoms with van der Waals surface area (Å²) in [4.78, 5) is 35.4. The quantitative estimate of drug-likeness (QED) is 0.607. The molecule has 0 heterocycles. The summed E-state index contributed by atoms with van der Waals surface area (Å²) in [7, 11) is 0. The molecule has 148 valence electrons. The smallest absolute Gasteiger partial charge is 0.257 e. The zero-order valence-electron chi connectivity index (χ0n) is 15.4. The molecule has 0 unspecified atom stereocenters. The first-order chi connectivity index (χ1) is 13.4. The molecule has 0 bridgehead atoms. The van der Waals surface area contributed by atoms with Crippen molar-refractivity contribution in [2.24, 2.45) is 0 Å². The van der Waals surface area contributed by atoms with E-state index >= 15 is 0 Å². The van der Waals surface area contributed by atoms with Crippen LogP contribution in [-0.4, -0.2) is 30.8 Å². The van der Waals surface area contributed by atoms with E-state index in [0.29, 0.717) is 17.7 Å². The van der Waals surface area contributed by atoms with Gasteiger partial charge in [0.1, 0.15) is 17.2 Å². The molecular formula is C20H21F2N3O3. The van der Waals surface area contributed by atoms with E-state index in [1.807, 2.05) is 6.92 Å². The SMILES string of the molecule is CCCC(=O)Nc1ccc(C(=O)NCCNC(=O)c2c(F)cccc2F)cc1. The average molecular weight is 389 g/mol. The summed E-state index contributed by atoms with van der Waals surface area (Å²) in [6.07, 6.45) is 1.16. The Morgan fingerprint density at radius 1 is 0.857 bits per heavy atom. The van der Waals surface area contributed by atoms with Crippen LogP contribution in [0.2, 0.25) is 0 Å². The van der Waals surface area contributed by atoms with Crippen LogP contribution in [-0.2, 0) is 4.79 Å². The van der Waals surface area contributed by atoms with Crippen LogP contribution in [0.3, 0.4) is 0 Å². The Bertz CT molecular complexity index is 834. The Balaban J connectivity index is 1.79. The highest BCUT2D eigenvalue weighted by Crippen LogP contribution is 2.12. The van der Waals surface area contributed by atoms with Gasteiger partial charge in [-0.2, -0.15) is 0 Å². The fourth-order valence-electron chi connectivity index (χ4n) is 2.41. The third kappa shape index (κ3) is 5.87. The van der Waals surface area contributed by atoms with Crippen molar-refractivity contribution in [3.8, 4) is 0 Å². The summed E-state index contributed by atoms with van der Waals surface area (Å²) in [5.74, 6) is -3.27. The van der Waals surface area contributed by atoms with Crippen LogP contribution in [0.25, 0.3) is 0 Å². The number of carbonyl (C=O) groups is 3. The minimum Gasteiger partial charge on any atom is -0.350 e. The highest BCUT2D eigenvalue weighted by molar-refractivity contribution is 5.96. The van der Waals surface area contributed by atoms with Crippen molar-refractivity contribution >= 4 is 23.4 Å². The minimum absolute atomic E-state index is 0.00348. The highest BCUT2D eigenvalue weighted by atomic mass is 19.1. The Morgan fingerprint density at radius 3 is 2.00 bits per heavy atom. The molecule has 3 N–H and O–H groups in total. The number of anilines is 1. The maximum atomic E-state index is 13.5. The van der Waals surface area contributed by atoms with Crippen molar-refractivity contribution in [1.29, 1.82) is 0 Å². The first-order valence-corrected chi connectivity index (χ1v) is 8.82. The minimum atomic E-state index is -0.951. The van der Waals surface area contributed by atoms with Crippen molar-refractivity contribution in [2.75, 3.05) is 18.4 Å². The molecule has 8 heteroatoms. The molecule has 2 aromatic rings. The number of rotatable bonds is 8. The molecule has 0 radical (unpaired) electrons. The van der Waals surface area contributed by atoms with E-state index in [9.17, 15) is 23.2 Å². The van der Waals surface area contributed by atoms with Gasteiger partial charge in [0.2, 0.25) is 5.91 Å². The molecule has 0 aliphatic rings. The molecule has 0 fully saturated rings. The lowest BCUT2D eigenvalue weighted by Gasteiger charge is -2.09. The number of carbonyl (C=O) groups excluding carboxylic acids is 3. The molecule has 28 heavy (non-hydrogen) atoms. The van der Waals surface area contributed by atoms with Crippen molar-refractivity contribution in [1.82, 2.24) is 10.6 Å². The van der Waals surface area contributed by atoms with Crippen LogP contribution in [0.15, 0.2) is 42.5 Å². The van der Waals surface area contributed by atoms with Crippen molar-refractivity contribution in [3.05, 3.63) is 65.2 Å². The first-order valence-electron chi connectivity index (χ1n) is 8.82. The summed E-state index contributed by atoms with van der Waals surface area (Å²) in [5, 5.41) is 7.65. The molecule has 0 saturated heterocycles. The van der Waals surface area contributed by atoms with Gasteiger partial charge in [-0.05, 0) is 42.8 Å². The van der Waals surface area contributed by atoms with Gasteiger partial charge in [-0.1, -0.05) is 13.0 Å². The standard InChI is InChI=1S/C20H21F2N3O3/c1-2-4-17(26)25-14-9-7-13(8-10-14)19(27)23-11-12-24-20(28)18-15(21)5-3-6-16(18)22/h3,5-10H,2,4,11-12H2,1H3,(H,23,27)(H,24,28)(H,25,26). The molecular weight excluding hydrogens is 368 g/mol. The van der Waals surface area contributed by atoms with E-state index in [1.165, 1.54) is 6.07 Å². The summed E-state index contributed by atoms with van der Waals surface area (Å²) in [5.41, 5.74) is 0.309. The van der Waals surface area contributed by atoms with Gasteiger partial charge in [0, 0.05) is 30.8 Å². The normalized spacial score (nSPS) is 10.2. The second kappa shape index (κ2) is 10.1. The number of benzene rings is 2. The molecule has 0 aliphatic carbocycles. The number of nitrogens with one attached hydrogen (secondary N) is 3. The van der Waals surface area contributed by atoms with Crippen LogP contribution in [0, 0.1) is 11.6 Å². The van der Waals surface area contributed by atoms with Crippen LogP contribution < -0.4 is 16.0 Å². The lowest BCUT2D eigenvalue weighted by Crippen LogP contribution is -2.35. The van der Waals surface area contributed by atoms with Crippen LogP contribution in [0.4, 0.5) is 14.5 Å². The lowest BCUT2D eigenvalue weighted by molar-refractivity contribution is -0.116. The molecule has 0 aromatic heterocycles. The number of hydrogen-bond acceptors (Lipinski definition) is 3. The highest BCUT2D eigenvalue weighted by Gasteiger charge is 2.16. The molecule has 2 rings (SSSR count). The first kappa shape index (κ1) is 21.0. The Morgan fingerprint density at radius 2 is 1.43 bits per heavy atom. The molecule has 0 spiro atoms. The molecule has 6 nitrogen and oxygen atoms in total. The van der Waals surface area contributed by atoms with Crippen LogP contribution in [0.1, 0.15) is 40.5 Å². The van der Waals surface area contributed by atoms with E-state index < -0.39 is 23.1 Å². The van der Waals surface area contributed by atoms with E-state index in [4.69, 9.17) is 0 Å². The monoisotopic (exact) mass is 389 g/mol. The van der Waals surface area contributed by atoms with Crippen LogP contribution in [0.5, 0.6) is 0 Å². The molecule has 3 amide bonds. The van der Waals surface area contributed by atoms with Gasteiger partial charge in [-0.15, -0.1) is 0 Å². The van der Waals surface area contributed by atoms with Gasteiger partial charge in [0.05, 0.1) is 0 Å². The van der Waals surface area contributed by atoms with Crippen molar-refractivity contribution < 1.29 is 23.2 Å². The van der Waals surface area contributed by atoms with E-state index in [1.54, 1.807) is 24.3 Å². The van der Waals surface area contributed by atoms with Gasteiger partial charge < -0.3 is 16.0 Å². The number of halogens is 2. The second-order valence-corrected chi connectivity index (χ2v) is 5.98. The van der Waals surface area contributed by atoms with Gasteiger partial charge in [-0.3, -0.25) is 14.4 Å². The van der Waals surface area contributed by atoms with Gasteiger partial charge in [-0.25, -0.2) is 8.78 Å². The number of amides is 3. The Hall–Kier alpha value is -3.29. The number of hydrogen-bond donors (Lipinski definition) is 3. The third-order valence-electron chi connectivity index (χ3n) is 3.79. The fraction of sp³-hybridized carbons (Fsp3) is 0.250. The third-order valence-corrected chi connectivity index (χ3v) is 3.79. The summed E-state index contributed by atoms with van der Waals surface area (Å²) < 4.78 is 27.0. The molecule has 0 saturated carbocycles. The predicted octanol–water partition coefficient (Wildman–Crippen LogP) is 2.86. The average Bonchev–Trinajstić information content (AvgIpc) is 2.65. The van der Waals surface area contributed by atoms with E-state index in [0.717, 1.165) is 18.6 Å². The molecule has 0 aliphatic heterocycles. The Labute approximate surface area is 161 Å². The van der Waals surface area contributed by atoms with E-state index in [-0.39, 0.29) is 24.9 Å². The molecule has 0 atom stereocenters. The largest absolute Gasteiger partial charge is 0.350 e. The van der Waals surface area contributed by atoms with Crippen molar-refractivity contribution in [3.63, 3.8) is 0 Å². The zero-order valence-corrected chi connectivity index (χ0v) is 15.4. The van der Waals surface area contributed by atoms with Gasteiger partial charge in [0.25, 0.3) is 11.8 Å². The topological polar surface area (TPSA) is 87.3 Å². The molecule has 2 aromatic carbocycles. The Kier molecular flexibility index (Phi) is 7.62. The van der Waals surface area contributed by atoms with Gasteiger partial charge >= 0.3 is 0 Å². The zero-order chi connectivity index (χ0) is 20.5. The fourth-order valence-corrected chi connectivity index (χ4v) is 2.41. The van der Waals surface area contributed by atoms with E-state index in [2.05, 4.69) is 16.0 Å². The second-order valence-electron chi connectivity index (χ2n) is 5.98. The van der Waals surface area contributed by atoms with Crippen LogP contribution >= 0.6 is 0 Å². The van der Waals surface area contributed by atoms with Crippen molar-refractivity contribution in [2.45, 2.75) is 19.8 Å². The van der Waals surface area contributed by atoms with Gasteiger partial charge in [0.15, 0.2) is 0 Å². The lowest BCUT2D eigenvalue weighted by atomic mass is 10.2. The summed E-state index contributed by atoms with van der Waals surface area (Å²) in [6, 6.07) is 9.51. The maximum absolute atomic E-state index is 13.5. The summed E-state index contributed by atoms with van der Waals surface area (Å²) >= 11 is 0.